The normalized spacial score (nSPS) is 19.1. The minimum Gasteiger partial charge on any atom is -0.384 e. The maximum Gasteiger partial charge on any atom is 0.134 e. The molecule has 0 saturated carbocycles. The van der Waals surface area contributed by atoms with Gasteiger partial charge in [0.15, 0.2) is 0 Å². The van der Waals surface area contributed by atoms with Gasteiger partial charge < -0.3 is 10.5 Å². The Morgan fingerprint density at radius 2 is 2.30 bits per heavy atom. The number of anilines is 1. The summed E-state index contributed by atoms with van der Waals surface area (Å²) >= 11 is 0. The highest BCUT2D eigenvalue weighted by atomic mass is 16.5. The summed E-state index contributed by atoms with van der Waals surface area (Å²) in [4.78, 5) is 8.91. The first kappa shape index (κ1) is 13.1. The molecule has 1 unspecified atom stereocenters. The summed E-state index contributed by atoms with van der Waals surface area (Å²) in [5.74, 6) is 1.24. The maximum absolute atomic E-state index is 5.89. The molecule has 2 aromatic rings. The summed E-state index contributed by atoms with van der Waals surface area (Å²) in [5.41, 5.74) is 7.66. The highest BCUT2D eigenvalue weighted by Gasteiger charge is 2.17. The van der Waals surface area contributed by atoms with Gasteiger partial charge in [0.05, 0.1) is 18.0 Å². The van der Waals surface area contributed by atoms with Crippen molar-refractivity contribution in [3.05, 3.63) is 24.3 Å². The largest absolute Gasteiger partial charge is 0.384 e. The summed E-state index contributed by atoms with van der Waals surface area (Å²) in [6, 6.07) is 1.78. The predicted octanol–water partition coefficient (Wildman–Crippen LogP) is 1.57. The van der Waals surface area contributed by atoms with Crippen LogP contribution in [0, 0.1) is 0 Å². The molecule has 1 saturated heterocycles. The van der Waals surface area contributed by atoms with E-state index in [1.54, 1.807) is 16.9 Å². The lowest BCUT2D eigenvalue weighted by molar-refractivity contribution is 0.0157. The Hall–Kier alpha value is -1.95. The standard InChI is InChI=1S/C14H19N5O/c1-19-9-10(8-16-19)12-7-13(15)18-14(17-12)6-11-4-2-3-5-20-11/h7-9,11H,2-6H2,1H3,(H2,15,17,18). The van der Waals surface area contributed by atoms with Crippen molar-refractivity contribution in [2.45, 2.75) is 31.8 Å². The summed E-state index contributed by atoms with van der Waals surface area (Å²) in [6.45, 7) is 0.836. The molecule has 1 aliphatic rings. The molecule has 6 heteroatoms. The highest BCUT2D eigenvalue weighted by Crippen LogP contribution is 2.20. The topological polar surface area (TPSA) is 78.9 Å². The third kappa shape index (κ3) is 2.96. The molecule has 0 spiro atoms. The van der Waals surface area contributed by atoms with Crippen LogP contribution in [0.15, 0.2) is 18.5 Å². The van der Waals surface area contributed by atoms with E-state index in [2.05, 4.69) is 15.1 Å². The Kier molecular flexibility index (Phi) is 3.64. The first-order valence-electron chi connectivity index (χ1n) is 6.95. The van der Waals surface area contributed by atoms with Crippen molar-refractivity contribution in [1.82, 2.24) is 19.7 Å². The lowest BCUT2D eigenvalue weighted by Crippen LogP contribution is -2.22. The number of hydrogen-bond acceptors (Lipinski definition) is 5. The van der Waals surface area contributed by atoms with Gasteiger partial charge >= 0.3 is 0 Å². The molecule has 6 nitrogen and oxygen atoms in total. The third-order valence-corrected chi connectivity index (χ3v) is 3.48. The van der Waals surface area contributed by atoms with Crippen molar-refractivity contribution in [1.29, 1.82) is 0 Å². The number of rotatable bonds is 3. The molecule has 106 valence electrons. The SMILES string of the molecule is Cn1cc(-c2cc(N)nc(CC3CCCCO3)n2)cn1. The number of ether oxygens (including phenoxy) is 1. The van der Waals surface area contributed by atoms with Crippen LogP contribution in [-0.2, 0) is 18.2 Å². The quantitative estimate of drug-likeness (QED) is 0.918. The van der Waals surface area contributed by atoms with Gasteiger partial charge in [-0.25, -0.2) is 9.97 Å². The van der Waals surface area contributed by atoms with Gasteiger partial charge in [0.2, 0.25) is 0 Å². The van der Waals surface area contributed by atoms with Gasteiger partial charge in [-0.2, -0.15) is 5.10 Å². The number of nitrogens with zero attached hydrogens (tertiary/aromatic N) is 4. The van der Waals surface area contributed by atoms with Crippen LogP contribution < -0.4 is 5.73 Å². The van der Waals surface area contributed by atoms with Crippen LogP contribution in [0.1, 0.15) is 25.1 Å². The highest BCUT2D eigenvalue weighted by molar-refractivity contribution is 5.60. The number of aryl methyl sites for hydroxylation is 1. The van der Waals surface area contributed by atoms with E-state index in [0.29, 0.717) is 5.82 Å². The summed E-state index contributed by atoms with van der Waals surface area (Å²) < 4.78 is 7.48. The molecule has 0 radical (unpaired) electrons. The molecule has 20 heavy (non-hydrogen) atoms. The second kappa shape index (κ2) is 5.58. The molecular formula is C14H19N5O. The minimum atomic E-state index is 0.215. The van der Waals surface area contributed by atoms with E-state index in [0.717, 1.165) is 43.0 Å². The molecule has 0 amide bonds. The molecule has 2 aromatic heterocycles. The van der Waals surface area contributed by atoms with Crippen molar-refractivity contribution in [3.63, 3.8) is 0 Å². The van der Waals surface area contributed by atoms with Gasteiger partial charge in [-0.15, -0.1) is 0 Å². The van der Waals surface area contributed by atoms with Gasteiger partial charge in [-0.3, -0.25) is 4.68 Å². The third-order valence-electron chi connectivity index (χ3n) is 3.48. The molecule has 0 aromatic carbocycles. The summed E-state index contributed by atoms with van der Waals surface area (Å²) in [6.07, 6.45) is 8.06. The van der Waals surface area contributed by atoms with Crippen LogP contribution in [0.2, 0.25) is 0 Å². The average molecular weight is 273 g/mol. The van der Waals surface area contributed by atoms with E-state index in [4.69, 9.17) is 10.5 Å². The molecule has 1 fully saturated rings. The van der Waals surface area contributed by atoms with Crippen LogP contribution in [0.25, 0.3) is 11.3 Å². The fraction of sp³-hybridized carbons (Fsp3) is 0.500. The van der Waals surface area contributed by atoms with E-state index >= 15 is 0 Å². The Labute approximate surface area is 118 Å². The Morgan fingerprint density at radius 1 is 1.40 bits per heavy atom. The fourth-order valence-corrected chi connectivity index (χ4v) is 2.48. The van der Waals surface area contributed by atoms with Crippen LogP contribution in [0.5, 0.6) is 0 Å². The monoisotopic (exact) mass is 273 g/mol. The second-order valence-electron chi connectivity index (χ2n) is 5.19. The molecule has 3 heterocycles. The van der Waals surface area contributed by atoms with E-state index in [1.807, 2.05) is 13.2 Å². The Balaban J connectivity index is 1.82. The lowest BCUT2D eigenvalue weighted by atomic mass is 10.1. The van der Waals surface area contributed by atoms with Gasteiger partial charge in [0, 0.05) is 37.9 Å². The van der Waals surface area contributed by atoms with Crippen LogP contribution in [0.3, 0.4) is 0 Å². The zero-order chi connectivity index (χ0) is 13.9. The zero-order valence-electron chi connectivity index (χ0n) is 11.6. The van der Waals surface area contributed by atoms with Gasteiger partial charge in [-0.1, -0.05) is 0 Å². The minimum absolute atomic E-state index is 0.215. The summed E-state index contributed by atoms with van der Waals surface area (Å²) in [7, 11) is 1.88. The molecule has 3 rings (SSSR count). The first-order chi connectivity index (χ1) is 9.70. The second-order valence-corrected chi connectivity index (χ2v) is 5.19. The van der Waals surface area contributed by atoms with Crippen LogP contribution >= 0.6 is 0 Å². The fourth-order valence-electron chi connectivity index (χ4n) is 2.48. The van der Waals surface area contributed by atoms with Gasteiger partial charge in [0.25, 0.3) is 0 Å². The molecule has 0 bridgehead atoms. The Bertz CT molecular complexity index is 589. The van der Waals surface area contributed by atoms with Crippen molar-refractivity contribution in [2.75, 3.05) is 12.3 Å². The molecular weight excluding hydrogens is 254 g/mol. The van der Waals surface area contributed by atoms with Gasteiger partial charge in [0.1, 0.15) is 11.6 Å². The van der Waals surface area contributed by atoms with Crippen molar-refractivity contribution in [2.24, 2.45) is 7.05 Å². The first-order valence-corrected chi connectivity index (χ1v) is 6.95. The number of aromatic nitrogens is 4. The van der Waals surface area contributed by atoms with Crippen molar-refractivity contribution >= 4 is 5.82 Å². The molecule has 1 aliphatic heterocycles. The number of hydrogen-bond donors (Lipinski definition) is 1. The van der Waals surface area contributed by atoms with Gasteiger partial charge in [-0.05, 0) is 19.3 Å². The maximum atomic E-state index is 5.89. The number of nitrogen functional groups attached to an aromatic ring is 1. The van der Waals surface area contributed by atoms with E-state index in [-0.39, 0.29) is 6.10 Å². The molecule has 1 atom stereocenters. The van der Waals surface area contributed by atoms with Crippen LogP contribution in [-0.4, -0.2) is 32.5 Å². The zero-order valence-corrected chi connectivity index (χ0v) is 11.6. The smallest absolute Gasteiger partial charge is 0.134 e. The van der Waals surface area contributed by atoms with Crippen LogP contribution in [0.4, 0.5) is 5.82 Å². The predicted molar refractivity (Wildman–Crippen MR) is 75.9 cm³/mol. The van der Waals surface area contributed by atoms with E-state index in [9.17, 15) is 0 Å². The van der Waals surface area contributed by atoms with E-state index in [1.165, 1.54) is 6.42 Å². The average Bonchev–Trinajstić information content (AvgIpc) is 2.86. The summed E-state index contributed by atoms with van der Waals surface area (Å²) in [5, 5.41) is 4.16. The molecule has 0 aliphatic carbocycles. The van der Waals surface area contributed by atoms with Crippen molar-refractivity contribution < 1.29 is 4.74 Å². The molecule has 2 N–H and O–H groups in total. The number of nitrogens with two attached hydrogens (primary N) is 1. The van der Waals surface area contributed by atoms with Crippen molar-refractivity contribution in [3.8, 4) is 11.3 Å². The lowest BCUT2D eigenvalue weighted by Gasteiger charge is -2.21. The Morgan fingerprint density at radius 3 is 3.00 bits per heavy atom. The van der Waals surface area contributed by atoms with E-state index < -0.39 is 0 Å².